The quantitative estimate of drug-likeness (QED) is 0.0503. The highest BCUT2D eigenvalue weighted by Gasteiger charge is 2.19. The summed E-state index contributed by atoms with van der Waals surface area (Å²) < 4.78 is 5.94. The van der Waals surface area contributed by atoms with Crippen LogP contribution in [0.2, 0.25) is 0 Å². The molecule has 7 nitrogen and oxygen atoms in total. The molecule has 0 saturated carbocycles. The van der Waals surface area contributed by atoms with Gasteiger partial charge in [-0.15, -0.1) is 0 Å². The largest absolute Gasteiger partial charge is 0.480 e. The first-order chi connectivity index (χ1) is 20.9. The Morgan fingerprint density at radius 2 is 1.00 bits per heavy atom. The van der Waals surface area contributed by atoms with Gasteiger partial charge in [0.05, 0.1) is 0 Å². The maximum absolute atomic E-state index is 12.6. The molecule has 0 spiro atoms. The Hall–Kier alpha value is -1.63. The summed E-state index contributed by atoms with van der Waals surface area (Å²) in [5, 5.41) is 11.9. The topological polar surface area (TPSA) is 119 Å². The lowest BCUT2D eigenvalue weighted by molar-refractivity contribution is -0.150. The number of esters is 1. The average Bonchev–Trinajstić information content (AvgIpc) is 2.98. The van der Waals surface area contributed by atoms with Crippen LogP contribution >= 0.6 is 0 Å². The fourth-order valence-corrected chi connectivity index (χ4v) is 5.63. The second-order valence-corrected chi connectivity index (χ2v) is 12.6. The molecule has 0 aromatic heterocycles. The van der Waals surface area contributed by atoms with Gasteiger partial charge in [0.15, 0.2) is 0 Å². The SMILES string of the molecule is CCCCCCCCCCCCCCCC(=O)OC(CCCCCCC)CCCCCCC(=O)NC(CCCN)C(=O)O. The zero-order chi connectivity index (χ0) is 31.8. The van der Waals surface area contributed by atoms with Gasteiger partial charge < -0.3 is 20.9 Å². The molecule has 0 radical (unpaired) electrons. The van der Waals surface area contributed by atoms with Gasteiger partial charge in [0.25, 0.3) is 0 Å². The zero-order valence-corrected chi connectivity index (χ0v) is 28.3. The molecule has 1 amide bonds. The van der Waals surface area contributed by atoms with Gasteiger partial charge in [-0.05, 0) is 57.9 Å². The van der Waals surface area contributed by atoms with E-state index in [1.807, 2.05) is 0 Å². The molecule has 0 aromatic carbocycles. The molecular formula is C36H70N2O5. The molecule has 0 fully saturated rings. The van der Waals surface area contributed by atoms with Gasteiger partial charge >= 0.3 is 11.9 Å². The Kier molecular flexibility index (Phi) is 30.6. The fourth-order valence-electron chi connectivity index (χ4n) is 5.63. The number of rotatable bonds is 33. The van der Waals surface area contributed by atoms with Crippen molar-refractivity contribution in [3.63, 3.8) is 0 Å². The fraction of sp³-hybridized carbons (Fsp3) is 0.917. The number of unbranched alkanes of at least 4 members (excludes halogenated alkanes) is 19. The van der Waals surface area contributed by atoms with Crippen LogP contribution in [0.3, 0.4) is 0 Å². The van der Waals surface area contributed by atoms with E-state index in [0.717, 1.165) is 57.8 Å². The summed E-state index contributed by atoms with van der Waals surface area (Å²) in [5.41, 5.74) is 5.46. The number of hydrogen-bond acceptors (Lipinski definition) is 5. The van der Waals surface area contributed by atoms with Crippen LogP contribution in [-0.4, -0.2) is 41.6 Å². The van der Waals surface area contributed by atoms with Crippen LogP contribution in [0.15, 0.2) is 0 Å². The number of amides is 1. The second-order valence-electron chi connectivity index (χ2n) is 12.6. The van der Waals surface area contributed by atoms with Crippen molar-refractivity contribution in [1.82, 2.24) is 5.32 Å². The minimum Gasteiger partial charge on any atom is -0.480 e. The van der Waals surface area contributed by atoms with Crippen molar-refractivity contribution in [2.24, 2.45) is 5.73 Å². The second kappa shape index (κ2) is 31.8. The number of carboxylic acids is 1. The molecule has 0 aromatic rings. The number of carboxylic acid groups (broad SMARTS) is 1. The Labute approximate surface area is 265 Å². The zero-order valence-electron chi connectivity index (χ0n) is 28.3. The highest BCUT2D eigenvalue weighted by Crippen LogP contribution is 2.18. The van der Waals surface area contributed by atoms with Gasteiger partial charge in [-0.25, -0.2) is 4.79 Å². The van der Waals surface area contributed by atoms with Crippen LogP contribution in [0.1, 0.15) is 194 Å². The lowest BCUT2D eigenvalue weighted by Crippen LogP contribution is -2.40. The molecule has 0 aliphatic heterocycles. The summed E-state index contributed by atoms with van der Waals surface area (Å²) in [6, 6.07) is -0.858. The summed E-state index contributed by atoms with van der Waals surface area (Å²) in [5.74, 6) is -1.26. The van der Waals surface area contributed by atoms with Gasteiger partial charge in [-0.1, -0.05) is 129 Å². The minimum atomic E-state index is -1.01. The molecule has 2 atom stereocenters. The Bertz CT molecular complexity index is 658. The van der Waals surface area contributed by atoms with Crippen LogP contribution in [0.5, 0.6) is 0 Å². The van der Waals surface area contributed by atoms with Gasteiger partial charge in [-0.3, -0.25) is 9.59 Å². The van der Waals surface area contributed by atoms with E-state index in [1.54, 1.807) is 0 Å². The van der Waals surface area contributed by atoms with Crippen molar-refractivity contribution >= 4 is 17.8 Å². The van der Waals surface area contributed by atoms with Crippen LogP contribution in [0, 0.1) is 0 Å². The van der Waals surface area contributed by atoms with Crippen molar-refractivity contribution in [2.45, 2.75) is 206 Å². The van der Waals surface area contributed by atoms with E-state index in [0.29, 0.717) is 32.2 Å². The number of nitrogens with two attached hydrogens (primary N) is 1. The molecular weight excluding hydrogens is 540 g/mol. The number of aliphatic carboxylic acids is 1. The smallest absolute Gasteiger partial charge is 0.326 e. The molecule has 43 heavy (non-hydrogen) atoms. The summed E-state index contributed by atoms with van der Waals surface area (Å²) in [6.45, 7) is 4.90. The first-order valence-electron chi connectivity index (χ1n) is 18.4. The number of nitrogens with one attached hydrogen (secondary N) is 1. The Balaban J connectivity index is 4.11. The molecule has 4 N–H and O–H groups in total. The normalized spacial score (nSPS) is 12.6. The van der Waals surface area contributed by atoms with Crippen LogP contribution < -0.4 is 11.1 Å². The van der Waals surface area contributed by atoms with E-state index in [4.69, 9.17) is 10.5 Å². The van der Waals surface area contributed by atoms with Crippen LogP contribution in [0.4, 0.5) is 0 Å². The van der Waals surface area contributed by atoms with Crippen LogP contribution in [0.25, 0.3) is 0 Å². The monoisotopic (exact) mass is 611 g/mol. The van der Waals surface area contributed by atoms with Gasteiger partial charge in [0.1, 0.15) is 12.1 Å². The first-order valence-corrected chi connectivity index (χ1v) is 18.4. The third-order valence-electron chi connectivity index (χ3n) is 8.42. The van der Waals surface area contributed by atoms with Crippen molar-refractivity contribution in [3.05, 3.63) is 0 Å². The van der Waals surface area contributed by atoms with E-state index >= 15 is 0 Å². The predicted octanol–water partition coefficient (Wildman–Crippen LogP) is 9.39. The summed E-state index contributed by atoms with van der Waals surface area (Å²) in [4.78, 5) is 36.0. The summed E-state index contributed by atoms with van der Waals surface area (Å²) in [6.07, 6.45) is 30.1. The highest BCUT2D eigenvalue weighted by atomic mass is 16.5. The van der Waals surface area contributed by atoms with Crippen molar-refractivity contribution in [1.29, 1.82) is 0 Å². The molecule has 0 aliphatic rings. The van der Waals surface area contributed by atoms with E-state index < -0.39 is 12.0 Å². The summed E-state index contributed by atoms with van der Waals surface area (Å²) >= 11 is 0. The molecule has 254 valence electrons. The van der Waals surface area contributed by atoms with Crippen molar-refractivity contribution in [2.75, 3.05) is 6.54 Å². The first kappa shape index (κ1) is 41.4. The molecule has 0 heterocycles. The van der Waals surface area contributed by atoms with E-state index in [2.05, 4.69) is 19.2 Å². The Morgan fingerprint density at radius 3 is 1.44 bits per heavy atom. The standard InChI is InChI=1S/C36H70N2O5/c1-3-5-7-9-10-11-12-13-14-15-16-18-24-30-35(40)43-32(26-21-17-8-6-4-2)27-22-19-20-23-29-34(39)38-33(36(41)42)28-25-31-37/h32-33H,3-31,37H2,1-2H3,(H,38,39)(H,41,42). The van der Waals surface area contributed by atoms with Gasteiger partial charge in [0, 0.05) is 12.8 Å². The molecule has 0 bridgehead atoms. The number of hydrogen-bond donors (Lipinski definition) is 3. The molecule has 0 aliphatic carbocycles. The number of carbonyl (C=O) groups excluding carboxylic acids is 2. The lowest BCUT2D eigenvalue weighted by atomic mass is 10.0. The number of ether oxygens (including phenoxy) is 1. The number of carbonyl (C=O) groups is 3. The van der Waals surface area contributed by atoms with Gasteiger partial charge in [0.2, 0.25) is 5.91 Å². The predicted molar refractivity (Wildman–Crippen MR) is 179 cm³/mol. The molecule has 2 unspecified atom stereocenters. The lowest BCUT2D eigenvalue weighted by Gasteiger charge is -2.18. The third kappa shape index (κ3) is 28.9. The Morgan fingerprint density at radius 1 is 0.581 bits per heavy atom. The van der Waals surface area contributed by atoms with Gasteiger partial charge in [-0.2, -0.15) is 0 Å². The minimum absolute atomic E-state index is 0.00160. The average molecular weight is 611 g/mol. The molecule has 7 heteroatoms. The third-order valence-corrected chi connectivity index (χ3v) is 8.42. The van der Waals surface area contributed by atoms with E-state index in [-0.39, 0.29) is 18.0 Å². The van der Waals surface area contributed by atoms with Crippen molar-refractivity contribution < 1.29 is 24.2 Å². The van der Waals surface area contributed by atoms with E-state index in [9.17, 15) is 19.5 Å². The van der Waals surface area contributed by atoms with E-state index in [1.165, 1.54) is 96.3 Å². The maximum Gasteiger partial charge on any atom is 0.326 e. The van der Waals surface area contributed by atoms with Crippen molar-refractivity contribution in [3.8, 4) is 0 Å². The highest BCUT2D eigenvalue weighted by molar-refractivity contribution is 5.83. The van der Waals surface area contributed by atoms with Crippen LogP contribution in [-0.2, 0) is 19.1 Å². The summed E-state index contributed by atoms with van der Waals surface area (Å²) in [7, 11) is 0. The molecule has 0 saturated heterocycles. The maximum atomic E-state index is 12.6. The molecule has 0 rings (SSSR count).